The van der Waals surface area contributed by atoms with Crippen molar-refractivity contribution < 1.29 is 4.79 Å². The SMILES string of the molecule is CN(C)CC(=O)Nc1ccc(-c2ccnc3[nH]ccc23)cc1. The zero-order valence-corrected chi connectivity index (χ0v) is 12.6. The predicted molar refractivity (Wildman–Crippen MR) is 88.7 cm³/mol. The lowest BCUT2D eigenvalue weighted by Gasteiger charge is -2.10. The van der Waals surface area contributed by atoms with E-state index in [1.165, 1.54) is 0 Å². The van der Waals surface area contributed by atoms with E-state index >= 15 is 0 Å². The molecule has 2 aromatic heterocycles. The Bertz CT molecular complexity index is 790. The average molecular weight is 294 g/mol. The minimum Gasteiger partial charge on any atom is -0.346 e. The summed E-state index contributed by atoms with van der Waals surface area (Å²) in [6.45, 7) is 0.371. The van der Waals surface area contributed by atoms with Crippen LogP contribution < -0.4 is 5.32 Å². The molecule has 22 heavy (non-hydrogen) atoms. The Hall–Kier alpha value is -2.66. The normalized spacial score (nSPS) is 11.0. The molecule has 0 bridgehead atoms. The number of hydrogen-bond acceptors (Lipinski definition) is 3. The summed E-state index contributed by atoms with van der Waals surface area (Å²) in [7, 11) is 3.74. The molecule has 2 N–H and O–H groups in total. The minimum absolute atomic E-state index is 0.0188. The third-order valence-electron chi connectivity index (χ3n) is 3.40. The van der Waals surface area contributed by atoms with E-state index in [4.69, 9.17) is 0 Å². The van der Waals surface area contributed by atoms with Crippen LogP contribution in [-0.2, 0) is 4.79 Å². The van der Waals surface area contributed by atoms with Gasteiger partial charge in [0.25, 0.3) is 0 Å². The number of aromatic amines is 1. The number of benzene rings is 1. The van der Waals surface area contributed by atoms with Gasteiger partial charge in [0, 0.05) is 23.5 Å². The Labute approximate surface area is 129 Å². The highest BCUT2D eigenvalue weighted by Crippen LogP contribution is 2.27. The molecule has 1 aromatic carbocycles. The van der Waals surface area contributed by atoms with E-state index in [9.17, 15) is 4.79 Å². The first-order valence-corrected chi connectivity index (χ1v) is 7.10. The van der Waals surface area contributed by atoms with Crippen LogP contribution in [0.4, 0.5) is 5.69 Å². The van der Waals surface area contributed by atoms with Crippen LogP contribution in [0.5, 0.6) is 0 Å². The standard InChI is InChI=1S/C17H18N4O/c1-21(2)11-16(22)20-13-5-3-12(4-6-13)14-7-9-18-17-15(14)8-10-19-17/h3-10H,11H2,1-2H3,(H,18,19)(H,20,22). The zero-order chi connectivity index (χ0) is 15.5. The van der Waals surface area contributed by atoms with Gasteiger partial charge in [-0.3, -0.25) is 4.79 Å². The number of carbonyl (C=O) groups excluding carboxylic acids is 1. The molecule has 0 unspecified atom stereocenters. The van der Waals surface area contributed by atoms with Crippen molar-refractivity contribution in [1.82, 2.24) is 14.9 Å². The summed E-state index contributed by atoms with van der Waals surface area (Å²) in [6.07, 6.45) is 3.68. The molecule has 0 atom stereocenters. The molecule has 0 aliphatic heterocycles. The summed E-state index contributed by atoms with van der Waals surface area (Å²) in [5.74, 6) is -0.0188. The van der Waals surface area contributed by atoms with E-state index in [0.717, 1.165) is 27.8 Å². The van der Waals surface area contributed by atoms with Crippen LogP contribution in [0.3, 0.4) is 0 Å². The third kappa shape index (κ3) is 2.99. The molecule has 0 radical (unpaired) electrons. The average Bonchev–Trinajstić information content (AvgIpc) is 2.95. The molecular formula is C17H18N4O. The van der Waals surface area contributed by atoms with Crippen molar-refractivity contribution in [1.29, 1.82) is 0 Å². The molecular weight excluding hydrogens is 276 g/mol. The number of fused-ring (bicyclic) bond motifs is 1. The van der Waals surface area contributed by atoms with Gasteiger partial charge in [0.15, 0.2) is 0 Å². The third-order valence-corrected chi connectivity index (χ3v) is 3.40. The second-order valence-corrected chi connectivity index (χ2v) is 5.46. The van der Waals surface area contributed by atoms with E-state index in [-0.39, 0.29) is 5.91 Å². The van der Waals surface area contributed by atoms with Gasteiger partial charge in [0.1, 0.15) is 5.65 Å². The van der Waals surface area contributed by atoms with Gasteiger partial charge < -0.3 is 15.2 Å². The lowest BCUT2D eigenvalue weighted by atomic mass is 10.0. The van der Waals surface area contributed by atoms with Crippen molar-refractivity contribution in [3.8, 4) is 11.1 Å². The fourth-order valence-corrected chi connectivity index (χ4v) is 2.43. The van der Waals surface area contributed by atoms with Crippen LogP contribution in [-0.4, -0.2) is 41.4 Å². The lowest BCUT2D eigenvalue weighted by Crippen LogP contribution is -2.27. The molecule has 0 saturated carbocycles. The molecule has 2 heterocycles. The number of amides is 1. The van der Waals surface area contributed by atoms with E-state index in [2.05, 4.69) is 15.3 Å². The van der Waals surface area contributed by atoms with Crippen molar-refractivity contribution >= 4 is 22.6 Å². The molecule has 5 nitrogen and oxygen atoms in total. The van der Waals surface area contributed by atoms with Crippen LogP contribution in [0.25, 0.3) is 22.2 Å². The first-order chi connectivity index (χ1) is 10.6. The van der Waals surface area contributed by atoms with Crippen molar-refractivity contribution in [2.24, 2.45) is 0 Å². The highest BCUT2D eigenvalue weighted by atomic mass is 16.2. The number of carbonyl (C=O) groups is 1. The van der Waals surface area contributed by atoms with Gasteiger partial charge in [0.2, 0.25) is 5.91 Å². The van der Waals surface area contributed by atoms with Gasteiger partial charge in [-0.2, -0.15) is 0 Å². The molecule has 0 spiro atoms. The molecule has 0 aliphatic carbocycles. The number of anilines is 1. The summed E-state index contributed by atoms with van der Waals surface area (Å²) in [4.78, 5) is 21.0. The lowest BCUT2D eigenvalue weighted by molar-refractivity contribution is -0.116. The largest absolute Gasteiger partial charge is 0.346 e. The zero-order valence-electron chi connectivity index (χ0n) is 12.6. The second kappa shape index (κ2) is 5.99. The summed E-state index contributed by atoms with van der Waals surface area (Å²) in [6, 6.07) is 11.9. The molecule has 3 aromatic rings. The Morgan fingerprint density at radius 2 is 1.95 bits per heavy atom. The molecule has 3 rings (SSSR count). The first kappa shape index (κ1) is 14.3. The van der Waals surface area contributed by atoms with Crippen molar-refractivity contribution in [2.45, 2.75) is 0 Å². The van der Waals surface area contributed by atoms with Gasteiger partial charge in [0.05, 0.1) is 6.54 Å². The van der Waals surface area contributed by atoms with Crippen LogP contribution in [0.2, 0.25) is 0 Å². The van der Waals surface area contributed by atoms with Crippen LogP contribution in [0.15, 0.2) is 48.8 Å². The van der Waals surface area contributed by atoms with Crippen molar-refractivity contribution in [2.75, 3.05) is 26.0 Å². The van der Waals surface area contributed by atoms with Crippen LogP contribution in [0.1, 0.15) is 0 Å². The first-order valence-electron chi connectivity index (χ1n) is 7.10. The van der Waals surface area contributed by atoms with Crippen molar-refractivity contribution in [3.63, 3.8) is 0 Å². The van der Waals surface area contributed by atoms with Crippen molar-refractivity contribution in [3.05, 3.63) is 48.8 Å². The van der Waals surface area contributed by atoms with E-state index in [0.29, 0.717) is 6.54 Å². The fraction of sp³-hybridized carbons (Fsp3) is 0.176. The monoisotopic (exact) mass is 294 g/mol. The molecule has 112 valence electrons. The van der Waals surface area contributed by atoms with Gasteiger partial charge in [-0.15, -0.1) is 0 Å². The Kier molecular flexibility index (Phi) is 3.89. The van der Waals surface area contributed by atoms with Gasteiger partial charge in [-0.25, -0.2) is 4.98 Å². The number of nitrogens with one attached hydrogen (secondary N) is 2. The minimum atomic E-state index is -0.0188. The number of H-pyrrole nitrogens is 1. The maximum absolute atomic E-state index is 11.8. The van der Waals surface area contributed by atoms with Gasteiger partial charge >= 0.3 is 0 Å². The van der Waals surface area contributed by atoms with E-state index in [1.807, 2.05) is 61.6 Å². The molecule has 0 saturated heterocycles. The number of hydrogen-bond donors (Lipinski definition) is 2. The van der Waals surface area contributed by atoms with E-state index < -0.39 is 0 Å². The fourth-order valence-electron chi connectivity index (χ4n) is 2.43. The molecule has 0 fully saturated rings. The number of pyridine rings is 1. The maximum atomic E-state index is 11.8. The summed E-state index contributed by atoms with van der Waals surface area (Å²) in [5.41, 5.74) is 3.89. The summed E-state index contributed by atoms with van der Waals surface area (Å²) in [5, 5.41) is 3.97. The topological polar surface area (TPSA) is 61.0 Å². The van der Waals surface area contributed by atoms with Gasteiger partial charge in [-0.1, -0.05) is 12.1 Å². The second-order valence-electron chi connectivity index (χ2n) is 5.46. The van der Waals surface area contributed by atoms with E-state index in [1.54, 1.807) is 6.20 Å². The van der Waals surface area contributed by atoms with Crippen LogP contribution in [0, 0.1) is 0 Å². The molecule has 1 amide bonds. The summed E-state index contributed by atoms with van der Waals surface area (Å²) < 4.78 is 0. The highest BCUT2D eigenvalue weighted by molar-refractivity contribution is 5.94. The Morgan fingerprint density at radius 1 is 1.18 bits per heavy atom. The molecule has 0 aliphatic rings. The highest BCUT2D eigenvalue weighted by Gasteiger charge is 2.07. The van der Waals surface area contributed by atoms with Crippen LogP contribution >= 0.6 is 0 Å². The smallest absolute Gasteiger partial charge is 0.238 e. The Morgan fingerprint density at radius 3 is 2.68 bits per heavy atom. The number of rotatable bonds is 4. The number of aromatic nitrogens is 2. The quantitative estimate of drug-likeness (QED) is 0.778. The Balaban J connectivity index is 1.82. The number of likely N-dealkylation sites (N-methyl/N-ethyl adjacent to an activating group) is 1. The maximum Gasteiger partial charge on any atom is 0.238 e. The predicted octanol–water partition coefficient (Wildman–Crippen LogP) is 2.73. The number of nitrogens with zero attached hydrogens (tertiary/aromatic N) is 2. The molecule has 5 heteroatoms. The summed E-state index contributed by atoms with van der Waals surface area (Å²) >= 11 is 0. The van der Waals surface area contributed by atoms with Gasteiger partial charge in [-0.05, 0) is 49.5 Å².